The normalized spacial score (nSPS) is 15.8. The van der Waals surface area contributed by atoms with Gasteiger partial charge in [0.25, 0.3) is 0 Å². The van der Waals surface area contributed by atoms with Gasteiger partial charge in [0.2, 0.25) is 15.9 Å². The lowest BCUT2D eigenvalue weighted by Gasteiger charge is -2.39. The van der Waals surface area contributed by atoms with Crippen LogP contribution in [0.1, 0.15) is 26.3 Å². The number of nitrogens with zero attached hydrogens (tertiary/aromatic N) is 1. The van der Waals surface area contributed by atoms with E-state index >= 15 is 0 Å². The number of fused-ring (bicyclic) bond motifs is 1. The number of anilines is 1. The lowest BCUT2D eigenvalue weighted by Crippen LogP contribution is -2.48. The van der Waals surface area contributed by atoms with Crippen LogP contribution < -0.4 is 14.4 Å². The molecular formula is C19H21FN2O4S. The van der Waals surface area contributed by atoms with Crippen molar-refractivity contribution in [1.82, 2.24) is 4.72 Å². The zero-order chi connectivity index (χ0) is 19.8. The van der Waals surface area contributed by atoms with Crippen LogP contribution >= 0.6 is 0 Å². The van der Waals surface area contributed by atoms with Crippen LogP contribution in [-0.2, 0) is 21.4 Å². The van der Waals surface area contributed by atoms with Gasteiger partial charge in [0.15, 0.2) is 0 Å². The first-order valence-corrected chi connectivity index (χ1v) is 9.92. The third-order valence-corrected chi connectivity index (χ3v) is 5.65. The van der Waals surface area contributed by atoms with Gasteiger partial charge in [-0.1, -0.05) is 18.2 Å². The first-order valence-electron chi connectivity index (χ1n) is 8.43. The van der Waals surface area contributed by atoms with Crippen LogP contribution in [0.4, 0.5) is 10.1 Å². The van der Waals surface area contributed by atoms with Gasteiger partial charge in [0.05, 0.1) is 17.1 Å². The minimum atomic E-state index is -3.90. The second-order valence-electron chi connectivity index (χ2n) is 7.01. The maximum absolute atomic E-state index is 13.7. The molecule has 1 N–H and O–H groups in total. The monoisotopic (exact) mass is 392 g/mol. The predicted octanol–water partition coefficient (Wildman–Crippen LogP) is 2.83. The molecule has 0 saturated heterocycles. The SMILES string of the molecule is CC(=O)N1CC(C)(C)Oc2ccc(S(=O)(=O)NCc3ccccc3F)cc21. The van der Waals surface area contributed by atoms with Crippen molar-refractivity contribution in [1.29, 1.82) is 0 Å². The van der Waals surface area contributed by atoms with E-state index in [0.29, 0.717) is 18.0 Å². The van der Waals surface area contributed by atoms with E-state index in [9.17, 15) is 17.6 Å². The van der Waals surface area contributed by atoms with Crippen molar-refractivity contribution in [3.8, 4) is 5.75 Å². The van der Waals surface area contributed by atoms with Gasteiger partial charge in [-0.05, 0) is 38.1 Å². The van der Waals surface area contributed by atoms with E-state index in [2.05, 4.69) is 4.72 Å². The van der Waals surface area contributed by atoms with Gasteiger partial charge < -0.3 is 9.64 Å². The van der Waals surface area contributed by atoms with Crippen molar-refractivity contribution in [2.45, 2.75) is 37.8 Å². The molecule has 8 heteroatoms. The summed E-state index contributed by atoms with van der Waals surface area (Å²) in [6.45, 7) is 5.26. The highest BCUT2D eigenvalue weighted by molar-refractivity contribution is 7.89. The molecule has 0 unspecified atom stereocenters. The molecule has 0 bridgehead atoms. The van der Waals surface area contributed by atoms with Crippen LogP contribution in [0.5, 0.6) is 5.75 Å². The van der Waals surface area contributed by atoms with E-state index in [1.54, 1.807) is 6.07 Å². The van der Waals surface area contributed by atoms with E-state index in [1.165, 1.54) is 48.2 Å². The summed E-state index contributed by atoms with van der Waals surface area (Å²) in [5.41, 5.74) is 0.0624. The molecule has 1 amide bonds. The van der Waals surface area contributed by atoms with Crippen molar-refractivity contribution in [2.75, 3.05) is 11.4 Å². The first kappa shape index (κ1) is 19.3. The molecule has 1 aliphatic rings. The second-order valence-corrected chi connectivity index (χ2v) is 8.78. The van der Waals surface area contributed by atoms with Crippen molar-refractivity contribution in [2.24, 2.45) is 0 Å². The fraction of sp³-hybridized carbons (Fsp3) is 0.316. The fourth-order valence-corrected chi connectivity index (χ4v) is 3.96. The van der Waals surface area contributed by atoms with Crippen LogP contribution in [-0.4, -0.2) is 26.5 Å². The molecule has 0 aliphatic carbocycles. The summed E-state index contributed by atoms with van der Waals surface area (Å²) >= 11 is 0. The van der Waals surface area contributed by atoms with Gasteiger partial charge in [-0.15, -0.1) is 0 Å². The number of benzene rings is 2. The first-order chi connectivity index (χ1) is 12.6. The van der Waals surface area contributed by atoms with E-state index in [1.807, 2.05) is 13.8 Å². The van der Waals surface area contributed by atoms with Crippen molar-refractivity contribution in [3.05, 3.63) is 53.8 Å². The van der Waals surface area contributed by atoms with Crippen molar-refractivity contribution in [3.63, 3.8) is 0 Å². The van der Waals surface area contributed by atoms with E-state index < -0.39 is 21.4 Å². The molecular weight excluding hydrogens is 371 g/mol. The average Bonchev–Trinajstić information content (AvgIpc) is 2.59. The molecule has 2 aromatic carbocycles. The van der Waals surface area contributed by atoms with E-state index in [-0.39, 0.29) is 22.9 Å². The lowest BCUT2D eigenvalue weighted by atomic mass is 10.1. The smallest absolute Gasteiger partial charge is 0.240 e. The second kappa shape index (κ2) is 6.94. The van der Waals surface area contributed by atoms with Gasteiger partial charge in [-0.25, -0.2) is 17.5 Å². The van der Waals surface area contributed by atoms with E-state index in [4.69, 9.17) is 4.74 Å². The molecule has 6 nitrogen and oxygen atoms in total. The summed E-state index contributed by atoms with van der Waals surface area (Å²) in [7, 11) is -3.90. The Kier molecular flexibility index (Phi) is 4.96. The van der Waals surface area contributed by atoms with Crippen LogP contribution in [0.15, 0.2) is 47.4 Å². The molecule has 0 aromatic heterocycles. The van der Waals surface area contributed by atoms with Crippen molar-refractivity contribution < 1.29 is 22.3 Å². The number of halogens is 1. The number of sulfonamides is 1. The van der Waals surface area contributed by atoms with Crippen molar-refractivity contribution >= 4 is 21.6 Å². The number of carbonyl (C=O) groups excluding carboxylic acids is 1. The Morgan fingerprint density at radius 1 is 1.26 bits per heavy atom. The summed E-state index contributed by atoms with van der Waals surface area (Å²) in [5, 5.41) is 0. The number of ether oxygens (including phenoxy) is 1. The third-order valence-electron chi connectivity index (χ3n) is 4.25. The maximum atomic E-state index is 13.7. The zero-order valence-electron chi connectivity index (χ0n) is 15.3. The Morgan fingerprint density at radius 3 is 2.63 bits per heavy atom. The van der Waals surface area contributed by atoms with Gasteiger partial charge in [-0.2, -0.15) is 0 Å². The standard InChI is InChI=1S/C19H21FN2O4S/c1-13(23)22-12-19(2,3)26-18-9-8-15(10-17(18)22)27(24,25)21-11-14-6-4-5-7-16(14)20/h4-10,21H,11-12H2,1-3H3. The lowest BCUT2D eigenvalue weighted by molar-refractivity contribution is -0.117. The highest BCUT2D eigenvalue weighted by Gasteiger charge is 2.34. The third kappa shape index (κ3) is 4.12. The molecule has 1 heterocycles. The van der Waals surface area contributed by atoms with Crippen LogP contribution in [0.2, 0.25) is 0 Å². The Labute approximate surface area is 158 Å². The summed E-state index contributed by atoms with van der Waals surface area (Å²) < 4.78 is 47.2. The summed E-state index contributed by atoms with van der Waals surface area (Å²) in [5.74, 6) is -0.250. The minimum Gasteiger partial charge on any atom is -0.484 e. The summed E-state index contributed by atoms with van der Waals surface area (Å²) in [4.78, 5) is 13.5. The molecule has 1 aliphatic heterocycles. The predicted molar refractivity (Wildman–Crippen MR) is 99.6 cm³/mol. The van der Waals surface area contributed by atoms with Crippen LogP contribution in [0.25, 0.3) is 0 Å². The molecule has 0 saturated carbocycles. The topological polar surface area (TPSA) is 75.7 Å². The number of hydrogen-bond donors (Lipinski definition) is 1. The fourth-order valence-electron chi connectivity index (χ4n) is 2.94. The molecule has 144 valence electrons. The van der Waals surface area contributed by atoms with Gasteiger partial charge >= 0.3 is 0 Å². The molecule has 0 spiro atoms. The highest BCUT2D eigenvalue weighted by atomic mass is 32.2. The highest BCUT2D eigenvalue weighted by Crippen LogP contribution is 2.38. The largest absolute Gasteiger partial charge is 0.484 e. The molecule has 3 rings (SSSR count). The Bertz CT molecular complexity index is 989. The van der Waals surface area contributed by atoms with Gasteiger partial charge in [0.1, 0.15) is 17.2 Å². The van der Waals surface area contributed by atoms with Gasteiger partial charge in [0, 0.05) is 19.0 Å². The Hall–Kier alpha value is -2.45. The van der Waals surface area contributed by atoms with Crippen LogP contribution in [0, 0.1) is 5.82 Å². The Balaban J connectivity index is 1.90. The molecule has 0 radical (unpaired) electrons. The Morgan fingerprint density at radius 2 is 1.96 bits per heavy atom. The number of carbonyl (C=O) groups is 1. The quantitative estimate of drug-likeness (QED) is 0.868. The minimum absolute atomic E-state index is 0.0212. The van der Waals surface area contributed by atoms with Crippen LogP contribution in [0.3, 0.4) is 0 Å². The average molecular weight is 392 g/mol. The number of hydrogen-bond acceptors (Lipinski definition) is 4. The van der Waals surface area contributed by atoms with Gasteiger partial charge in [-0.3, -0.25) is 4.79 Å². The zero-order valence-corrected chi connectivity index (χ0v) is 16.1. The number of amides is 1. The van der Waals surface area contributed by atoms with E-state index in [0.717, 1.165) is 0 Å². The maximum Gasteiger partial charge on any atom is 0.240 e. The number of rotatable bonds is 4. The molecule has 2 aromatic rings. The number of nitrogens with one attached hydrogen (secondary N) is 1. The summed E-state index contributed by atoms with van der Waals surface area (Å²) in [6, 6.07) is 10.3. The molecule has 0 fully saturated rings. The summed E-state index contributed by atoms with van der Waals surface area (Å²) in [6.07, 6.45) is 0. The molecule has 0 atom stereocenters. The molecule has 27 heavy (non-hydrogen) atoms.